The largest absolute Gasteiger partial charge is 0.481 e. The number of pyridine rings is 1. The minimum atomic E-state index is -0.590. The zero-order valence-corrected chi connectivity index (χ0v) is 11.4. The zero-order valence-electron chi connectivity index (χ0n) is 11.4. The Morgan fingerprint density at radius 2 is 2.05 bits per heavy atom. The summed E-state index contributed by atoms with van der Waals surface area (Å²) in [5, 5.41) is 13.9. The van der Waals surface area contributed by atoms with Gasteiger partial charge in [-0.1, -0.05) is 6.07 Å². The first-order chi connectivity index (χ1) is 10.2. The van der Waals surface area contributed by atoms with Crippen molar-refractivity contribution < 1.29 is 14.4 Å². The fraction of sp³-hybridized carbons (Fsp3) is 0.250. The van der Waals surface area contributed by atoms with E-state index in [1.54, 1.807) is 18.3 Å². The predicted octanol–water partition coefficient (Wildman–Crippen LogP) is 1.41. The van der Waals surface area contributed by atoms with Crippen molar-refractivity contribution in [2.75, 3.05) is 19.5 Å². The van der Waals surface area contributed by atoms with Crippen molar-refractivity contribution >= 4 is 11.5 Å². The fourth-order valence-electron chi connectivity index (χ4n) is 1.63. The molecule has 0 aromatic carbocycles. The van der Waals surface area contributed by atoms with Crippen LogP contribution in [0.3, 0.4) is 0 Å². The number of hydrogen-bond donors (Lipinski definition) is 1. The van der Waals surface area contributed by atoms with E-state index in [2.05, 4.69) is 20.3 Å². The lowest BCUT2D eigenvalue weighted by molar-refractivity contribution is -0.385. The van der Waals surface area contributed by atoms with Crippen LogP contribution in [0.15, 0.2) is 24.7 Å². The summed E-state index contributed by atoms with van der Waals surface area (Å²) in [5.41, 5.74) is 0.518. The van der Waals surface area contributed by atoms with Crippen LogP contribution >= 0.6 is 0 Å². The topological polar surface area (TPSA) is 112 Å². The summed E-state index contributed by atoms with van der Waals surface area (Å²) in [6.45, 7) is 0.317. The molecular formula is C12H13N5O4. The first-order valence-corrected chi connectivity index (χ1v) is 5.92. The lowest BCUT2D eigenvalue weighted by Gasteiger charge is -2.08. The average molecular weight is 291 g/mol. The van der Waals surface area contributed by atoms with Crippen molar-refractivity contribution in [1.29, 1.82) is 0 Å². The van der Waals surface area contributed by atoms with Crippen LogP contribution in [0.25, 0.3) is 0 Å². The monoisotopic (exact) mass is 291 g/mol. The SMILES string of the molecule is COc1ccc(CNc2ncnc(OC)c2[N+](=O)[O-])cn1. The van der Waals surface area contributed by atoms with Crippen molar-refractivity contribution in [2.45, 2.75) is 6.54 Å². The Balaban J connectivity index is 2.17. The van der Waals surface area contributed by atoms with Crippen molar-refractivity contribution in [2.24, 2.45) is 0 Å². The van der Waals surface area contributed by atoms with Crippen LogP contribution in [-0.4, -0.2) is 34.1 Å². The molecule has 9 heteroatoms. The average Bonchev–Trinajstić information content (AvgIpc) is 2.52. The van der Waals surface area contributed by atoms with Crippen LogP contribution in [0, 0.1) is 10.1 Å². The third-order valence-electron chi connectivity index (χ3n) is 2.63. The third-order valence-corrected chi connectivity index (χ3v) is 2.63. The molecule has 0 spiro atoms. The van der Waals surface area contributed by atoms with Gasteiger partial charge in [-0.25, -0.2) is 9.97 Å². The molecule has 2 aromatic rings. The highest BCUT2D eigenvalue weighted by atomic mass is 16.6. The molecule has 0 atom stereocenters. The minimum Gasteiger partial charge on any atom is -0.481 e. The molecule has 1 N–H and O–H groups in total. The lowest BCUT2D eigenvalue weighted by Crippen LogP contribution is -2.07. The molecule has 0 aliphatic rings. The standard InChI is InChI=1S/C12H13N5O4/c1-20-9-4-3-8(5-13-9)6-14-11-10(17(18)19)12(21-2)16-7-15-11/h3-5,7H,6H2,1-2H3,(H,14,15,16). The van der Waals surface area contributed by atoms with Crippen molar-refractivity contribution in [3.05, 3.63) is 40.3 Å². The van der Waals surface area contributed by atoms with Gasteiger partial charge >= 0.3 is 5.69 Å². The van der Waals surface area contributed by atoms with Gasteiger partial charge < -0.3 is 14.8 Å². The van der Waals surface area contributed by atoms with E-state index in [4.69, 9.17) is 9.47 Å². The maximum atomic E-state index is 11.1. The Bertz CT molecular complexity index is 632. The Labute approximate surface area is 120 Å². The highest BCUT2D eigenvalue weighted by Gasteiger charge is 2.23. The highest BCUT2D eigenvalue weighted by Crippen LogP contribution is 2.30. The van der Waals surface area contributed by atoms with Crippen LogP contribution in [0.2, 0.25) is 0 Å². The van der Waals surface area contributed by atoms with E-state index >= 15 is 0 Å². The Morgan fingerprint density at radius 3 is 2.62 bits per heavy atom. The number of aromatic nitrogens is 3. The third kappa shape index (κ3) is 3.32. The number of ether oxygens (including phenoxy) is 2. The molecule has 0 radical (unpaired) electrons. The van der Waals surface area contributed by atoms with E-state index < -0.39 is 4.92 Å². The molecule has 2 rings (SSSR count). The molecule has 0 aliphatic heterocycles. The predicted molar refractivity (Wildman–Crippen MR) is 73.4 cm³/mol. The molecule has 21 heavy (non-hydrogen) atoms. The van der Waals surface area contributed by atoms with E-state index in [0.29, 0.717) is 12.4 Å². The van der Waals surface area contributed by atoms with Gasteiger partial charge in [0.25, 0.3) is 5.88 Å². The maximum absolute atomic E-state index is 11.1. The maximum Gasteiger partial charge on any atom is 0.372 e. The Morgan fingerprint density at radius 1 is 1.24 bits per heavy atom. The van der Waals surface area contributed by atoms with Crippen LogP contribution in [0.5, 0.6) is 11.8 Å². The summed E-state index contributed by atoms with van der Waals surface area (Å²) in [6, 6.07) is 3.50. The summed E-state index contributed by atoms with van der Waals surface area (Å²) >= 11 is 0. The number of nitrogens with zero attached hydrogens (tertiary/aromatic N) is 4. The van der Waals surface area contributed by atoms with Crippen LogP contribution in [-0.2, 0) is 6.54 Å². The van der Waals surface area contributed by atoms with E-state index in [9.17, 15) is 10.1 Å². The molecular weight excluding hydrogens is 278 g/mol. The van der Waals surface area contributed by atoms with Gasteiger partial charge in [0.15, 0.2) is 0 Å². The van der Waals surface area contributed by atoms with Gasteiger partial charge in [-0.2, -0.15) is 4.98 Å². The first kappa shape index (κ1) is 14.4. The lowest BCUT2D eigenvalue weighted by atomic mass is 10.3. The second-order valence-corrected chi connectivity index (χ2v) is 3.90. The smallest absolute Gasteiger partial charge is 0.372 e. The molecule has 0 saturated heterocycles. The van der Waals surface area contributed by atoms with Crippen molar-refractivity contribution in [3.8, 4) is 11.8 Å². The number of anilines is 1. The molecule has 2 heterocycles. The quantitative estimate of drug-likeness (QED) is 0.628. The van der Waals surface area contributed by atoms with Gasteiger partial charge in [0.05, 0.1) is 19.1 Å². The summed E-state index contributed by atoms with van der Waals surface area (Å²) < 4.78 is 9.82. The summed E-state index contributed by atoms with van der Waals surface area (Å²) in [4.78, 5) is 22.1. The molecule has 2 aromatic heterocycles. The van der Waals surface area contributed by atoms with Crippen molar-refractivity contribution in [3.63, 3.8) is 0 Å². The second-order valence-electron chi connectivity index (χ2n) is 3.90. The van der Waals surface area contributed by atoms with E-state index in [1.165, 1.54) is 20.5 Å². The number of methoxy groups -OCH3 is 2. The van der Waals surface area contributed by atoms with Crippen molar-refractivity contribution in [1.82, 2.24) is 15.0 Å². The second kappa shape index (κ2) is 6.46. The highest BCUT2D eigenvalue weighted by molar-refractivity contribution is 5.61. The Hall–Kier alpha value is -2.97. The molecule has 0 fully saturated rings. The number of rotatable bonds is 6. The van der Waals surface area contributed by atoms with Crippen LogP contribution < -0.4 is 14.8 Å². The molecule has 0 aliphatic carbocycles. The minimum absolute atomic E-state index is 0.0858. The van der Waals surface area contributed by atoms with Gasteiger partial charge in [0.1, 0.15) is 6.33 Å². The molecule has 0 bridgehead atoms. The molecule has 110 valence electrons. The molecule has 0 unspecified atom stereocenters. The fourth-order valence-corrected chi connectivity index (χ4v) is 1.63. The van der Waals surface area contributed by atoms with Crippen LogP contribution in [0.4, 0.5) is 11.5 Å². The summed E-state index contributed by atoms with van der Waals surface area (Å²) in [5.74, 6) is 0.487. The molecule has 0 amide bonds. The van der Waals surface area contributed by atoms with Gasteiger partial charge in [-0.3, -0.25) is 10.1 Å². The Kier molecular flexibility index (Phi) is 4.44. The number of nitro groups is 1. The van der Waals surface area contributed by atoms with Crippen LogP contribution in [0.1, 0.15) is 5.56 Å². The molecule has 0 saturated carbocycles. The van der Waals surface area contributed by atoms with Gasteiger partial charge in [-0.05, 0) is 5.56 Å². The summed E-state index contributed by atoms with van der Waals surface area (Å²) in [7, 11) is 2.84. The summed E-state index contributed by atoms with van der Waals surface area (Å²) in [6.07, 6.45) is 2.80. The number of nitrogens with one attached hydrogen (secondary N) is 1. The van der Waals surface area contributed by atoms with E-state index in [1.807, 2.05) is 0 Å². The van der Waals surface area contributed by atoms with Gasteiger partial charge in [-0.15, -0.1) is 0 Å². The molecule has 9 nitrogen and oxygen atoms in total. The first-order valence-electron chi connectivity index (χ1n) is 5.92. The zero-order chi connectivity index (χ0) is 15.2. The van der Waals surface area contributed by atoms with E-state index in [-0.39, 0.29) is 17.4 Å². The number of hydrogen-bond acceptors (Lipinski definition) is 8. The normalized spacial score (nSPS) is 10.0. The van der Waals surface area contributed by atoms with E-state index in [0.717, 1.165) is 5.56 Å². The van der Waals surface area contributed by atoms with Gasteiger partial charge in [0, 0.05) is 18.8 Å². The van der Waals surface area contributed by atoms with Gasteiger partial charge in [0.2, 0.25) is 11.7 Å².